The van der Waals surface area contributed by atoms with Gasteiger partial charge in [-0.05, 0) is 25.0 Å². The molecule has 1 aliphatic rings. The van der Waals surface area contributed by atoms with E-state index in [4.69, 9.17) is 0 Å². The van der Waals surface area contributed by atoms with Gasteiger partial charge in [-0.25, -0.2) is 4.98 Å². The zero-order valence-corrected chi connectivity index (χ0v) is 11.1. The largest absolute Gasteiger partial charge is 0.363 e. The van der Waals surface area contributed by atoms with Gasteiger partial charge in [0.15, 0.2) is 0 Å². The number of carbonyl (C=O) groups excluding carboxylic acids is 1. The Labute approximate surface area is 108 Å². The molecule has 0 aliphatic heterocycles. The molecule has 0 saturated heterocycles. The van der Waals surface area contributed by atoms with Crippen LogP contribution in [0, 0.1) is 0 Å². The molecule has 0 radical (unpaired) electrons. The van der Waals surface area contributed by atoms with Gasteiger partial charge in [0.1, 0.15) is 11.5 Å². The highest BCUT2D eigenvalue weighted by Crippen LogP contribution is 2.18. The second-order valence-corrected chi connectivity index (χ2v) is 5.08. The minimum atomic E-state index is -0.0504. The van der Waals surface area contributed by atoms with E-state index >= 15 is 0 Å². The summed E-state index contributed by atoms with van der Waals surface area (Å²) in [5.74, 6) is 0.761. The van der Waals surface area contributed by atoms with Gasteiger partial charge in [0.05, 0.1) is 0 Å². The predicted octanol–water partition coefficient (Wildman–Crippen LogP) is 2.21. The van der Waals surface area contributed by atoms with E-state index in [0.717, 1.165) is 18.7 Å². The van der Waals surface area contributed by atoms with E-state index in [1.807, 2.05) is 31.1 Å². The highest BCUT2D eigenvalue weighted by atomic mass is 16.1. The average Bonchev–Trinajstić information content (AvgIpc) is 2.40. The first-order valence-corrected chi connectivity index (χ1v) is 6.62. The Bertz CT molecular complexity index is 411. The van der Waals surface area contributed by atoms with E-state index < -0.39 is 0 Å². The molecule has 4 heteroatoms. The van der Waals surface area contributed by atoms with Crippen molar-refractivity contribution in [3.63, 3.8) is 0 Å². The van der Waals surface area contributed by atoms with Gasteiger partial charge in [0, 0.05) is 20.1 Å². The maximum absolute atomic E-state index is 12.1. The fraction of sp³-hybridized carbons (Fsp3) is 0.571. The number of anilines is 1. The molecule has 0 aromatic carbocycles. The molecule has 0 unspecified atom stereocenters. The van der Waals surface area contributed by atoms with Crippen molar-refractivity contribution in [2.24, 2.45) is 0 Å². The summed E-state index contributed by atoms with van der Waals surface area (Å²) in [6.07, 6.45) is 5.92. The van der Waals surface area contributed by atoms with Crippen LogP contribution >= 0.6 is 0 Å². The Balaban J connectivity index is 2.01. The van der Waals surface area contributed by atoms with E-state index in [2.05, 4.69) is 10.3 Å². The standard InChI is InChI=1S/C14H21N3O/c1-17(2)13-10-6-9-12(16-13)14(18)15-11-7-4-3-5-8-11/h6,9-11H,3-5,7-8H2,1-2H3,(H,15,18). The predicted molar refractivity (Wildman–Crippen MR) is 72.9 cm³/mol. The Kier molecular flexibility index (Phi) is 4.18. The fourth-order valence-corrected chi connectivity index (χ4v) is 2.31. The first kappa shape index (κ1) is 12.9. The highest BCUT2D eigenvalue weighted by Gasteiger charge is 2.17. The maximum atomic E-state index is 12.1. The Morgan fingerprint density at radius 3 is 2.67 bits per heavy atom. The lowest BCUT2D eigenvalue weighted by Crippen LogP contribution is -2.36. The molecule has 1 aromatic heterocycles. The van der Waals surface area contributed by atoms with E-state index in [9.17, 15) is 4.79 Å². The number of rotatable bonds is 3. The SMILES string of the molecule is CN(C)c1cccc(C(=O)NC2CCCCC2)n1. The summed E-state index contributed by atoms with van der Waals surface area (Å²) in [6, 6.07) is 5.87. The molecule has 1 fully saturated rings. The van der Waals surface area contributed by atoms with Crippen molar-refractivity contribution in [3.05, 3.63) is 23.9 Å². The number of hydrogen-bond acceptors (Lipinski definition) is 3. The molecule has 1 aromatic rings. The van der Waals surface area contributed by atoms with E-state index in [0.29, 0.717) is 11.7 Å². The molecule has 1 N–H and O–H groups in total. The van der Waals surface area contributed by atoms with E-state index in [1.165, 1.54) is 19.3 Å². The molecule has 1 amide bonds. The van der Waals surface area contributed by atoms with Crippen molar-refractivity contribution in [1.82, 2.24) is 10.3 Å². The molecule has 0 spiro atoms. The van der Waals surface area contributed by atoms with Crippen LogP contribution in [0.4, 0.5) is 5.82 Å². The quantitative estimate of drug-likeness (QED) is 0.890. The van der Waals surface area contributed by atoms with Crippen LogP contribution in [0.25, 0.3) is 0 Å². The third-order valence-electron chi connectivity index (χ3n) is 3.37. The molecule has 4 nitrogen and oxygen atoms in total. The number of aromatic nitrogens is 1. The second kappa shape index (κ2) is 5.85. The van der Waals surface area contributed by atoms with Crippen molar-refractivity contribution in [1.29, 1.82) is 0 Å². The summed E-state index contributed by atoms with van der Waals surface area (Å²) in [5, 5.41) is 3.08. The van der Waals surface area contributed by atoms with Crippen molar-refractivity contribution in [2.75, 3.05) is 19.0 Å². The van der Waals surface area contributed by atoms with E-state index in [-0.39, 0.29) is 5.91 Å². The molecule has 1 saturated carbocycles. The third-order valence-corrected chi connectivity index (χ3v) is 3.37. The number of pyridine rings is 1. The number of hydrogen-bond donors (Lipinski definition) is 1. The summed E-state index contributed by atoms with van der Waals surface area (Å²) in [5.41, 5.74) is 0.506. The topological polar surface area (TPSA) is 45.2 Å². The van der Waals surface area contributed by atoms with Crippen LogP contribution in [0.2, 0.25) is 0 Å². The molecule has 18 heavy (non-hydrogen) atoms. The lowest BCUT2D eigenvalue weighted by molar-refractivity contribution is 0.0923. The number of carbonyl (C=O) groups is 1. The van der Waals surface area contributed by atoms with E-state index in [1.54, 1.807) is 6.07 Å². The lowest BCUT2D eigenvalue weighted by Gasteiger charge is -2.22. The fourth-order valence-electron chi connectivity index (χ4n) is 2.31. The van der Waals surface area contributed by atoms with Crippen LogP contribution in [0.15, 0.2) is 18.2 Å². The van der Waals surface area contributed by atoms with Gasteiger partial charge >= 0.3 is 0 Å². The normalized spacial score (nSPS) is 16.3. The molecule has 98 valence electrons. The van der Waals surface area contributed by atoms with Gasteiger partial charge in [-0.15, -0.1) is 0 Å². The van der Waals surface area contributed by atoms with Gasteiger partial charge in [-0.1, -0.05) is 25.3 Å². The summed E-state index contributed by atoms with van der Waals surface area (Å²) >= 11 is 0. The highest BCUT2D eigenvalue weighted by molar-refractivity contribution is 5.92. The molecule has 1 aliphatic carbocycles. The van der Waals surface area contributed by atoms with Gasteiger partial charge in [0.2, 0.25) is 0 Å². The first-order chi connectivity index (χ1) is 8.66. The average molecular weight is 247 g/mol. The Hall–Kier alpha value is -1.58. The smallest absolute Gasteiger partial charge is 0.270 e. The van der Waals surface area contributed by atoms with Crippen LogP contribution in [-0.4, -0.2) is 31.0 Å². The first-order valence-electron chi connectivity index (χ1n) is 6.62. The summed E-state index contributed by atoms with van der Waals surface area (Å²) < 4.78 is 0. The zero-order valence-electron chi connectivity index (χ0n) is 11.1. The van der Waals surface area contributed by atoms with Crippen molar-refractivity contribution in [2.45, 2.75) is 38.1 Å². The van der Waals surface area contributed by atoms with Gasteiger partial charge in [-0.3, -0.25) is 4.79 Å². The molecular weight excluding hydrogens is 226 g/mol. The lowest BCUT2D eigenvalue weighted by atomic mass is 9.95. The number of nitrogens with zero attached hydrogens (tertiary/aromatic N) is 2. The molecule has 0 atom stereocenters. The molecular formula is C14H21N3O. The van der Waals surface area contributed by atoms with Crippen LogP contribution in [0.1, 0.15) is 42.6 Å². The minimum absolute atomic E-state index is 0.0504. The molecule has 1 heterocycles. The summed E-state index contributed by atoms with van der Waals surface area (Å²) in [4.78, 5) is 18.3. The van der Waals surface area contributed by atoms with Gasteiger partial charge in [0.25, 0.3) is 5.91 Å². The zero-order chi connectivity index (χ0) is 13.0. The van der Waals surface area contributed by atoms with Crippen LogP contribution < -0.4 is 10.2 Å². The summed E-state index contributed by atoms with van der Waals surface area (Å²) in [6.45, 7) is 0. The number of nitrogens with one attached hydrogen (secondary N) is 1. The number of amides is 1. The van der Waals surface area contributed by atoms with Crippen molar-refractivity contribution >= 4 is 11.7 Å². The Morgan fingerprint density at radius 2 is 2.00 bits per heavy atom. The minimum Gasteiger partial charge on any atom is -0.363 e. The van der Waals surface area contributed by atoms with Crippen LogP contribution in [0.3, 0.4) is 0 Å². The third kappa shape index (κ3) is 3.22. The second-order valence-electron chi connectivity index (χ2n) is 5.08. The maximum Gasteiger partial charge on any atom is 0.270 e. The van der Waals surface area contributed by atoms with Crippen LogP contribution in [-0.2, 0) is 0 Å². The molecule has 2 rings (SSSR count). The monoisotopic (exact) mass is 247 g/mol. The van der Waals surface area contributed by atoms with Gasteiger partial charge in [-0.2, -0.15) is 0 Å². The van der Waals surface area contributed by atoms with Crippen molar-refractivity contribution < 1.29 is 4.79 Å². The Morgan fingerprint density at radius 1 is 1.28 bits per heavy atom. The van der Waals surface area contributed by atoms with Gasteiger partial charge < -0.3 is 10.2 Å². The van der Waals surface area contributed by atoms with Crippen molar-refractivity contribution in [3.8, 4) is 0 Å². The van der Waals surface area contributed by atoms with Crippen LogP contribution in [0.5, 0.6) is 0 Å². The molecule has 0 bridgehead atoms. The summed E-state index contributed by atoms with van der Waals surface area (Å²) in [7, 11) is 3.84.